The van der Waals surface area contributed by atoms with Gasteiger partial charge in [0.25, 0.3) is 0 Å². The third-order valence-corrected chi connectivity index (χ3v) is 6.24. The Morgan fingerprint density at radius 1 is 1.11 bits per heavy atom. The molecule has 0 amide bonds. The lowest BCUT2D eigenvalue weighted by atomic mass is 9.95. The van der Waals surface area contributed by atoms with Crippen LogP contribution in [-0.2, 0) is 0 Å². The van der Waals surface area contributed by atoms with Crippen LogP contribution in [0.1, 0.15) is 34.1 Å². The summed E-state index contributed by atoms with van der Waals surface area (Å²) >= 11 is 5.05. The molecule has 0 aliphatic rings. The van der Waals surface area contributed by atoms with Crippen LogP contribution in [0.2, 0.25) is 0 Å². The Balaban J connectivity index is 4.14. The second-order valence-corrected chi connectivity index (χ2v) is 8.10. The van der Waals surface area contributed by atoms with Crippen LogP contribution in [0.5, 0.6) is 0 Å². The molecule has 0 fully saturated rings. The molecule has 0 saturated carbocycles. The van der Waals surface area contributed by atoms with Crippen LogP contribution in [0.15, 0.2) is 0 Å². The number of hydrogen-bond donors (Lipinski definition) is 0. The van der Waals surface area contributed by atoms with E-state index >= 15 is 0 Å². The molecule has 0 radical (unpaired) electrons. The van der Waals surface area contributed by atoms with Gasteiger partial charge in [0.1, 0.15) is 0 Å². The van der Waals surface area contributed by atoms with E-state index in [-0.39, 0.29) is 0 Å². The van der Waals surface area contributed by atoms with Gasteiger partial charge < -0.3 is 0 Å². The molecule has 0 aromatic rings. The zero-order valence-corrected chi connectivity index (χ0v) is 10.8. The van der Waals surface area contributed by atoms with E-state index < -0.39 is 0 Å². The van der Waals surface area contributed by atoms with Gasteiger partial charge in [-0.2, -0.15) is 0 Å². The highest BCUT2D eigenvalue weighted by atomic mass is 127. The van der Waals surface area contributed by atoms with Crippen molar-refractivity contribution in [2.75, 3.05) is 0 Å². The van der Waals surface area contributed by atoms with Gasteiger partial charge in [0.05, 0.1) is 0 Å². The van der Waals surface area contributed by atoms with E-state index in [0.29, 0.717) is 6.84 Å². The molecular weight excluding hydrogens is 338 g/mol. The SMILES string of the molecule is CCC(C)(I)C(C)(C)I. The minimum absolute atomic E-state index is 0.403. The summed E-state index contributed by atoms with van der Waals surface area (Å²) in [5.41, 5.74) is 0. The monoisotopic (exact) mass is 352 g/mol. The molecule has 9 heavy (non-hydrogen) atoms. The molecule has 0 spiro atoms. The predicted octanol–water partition coefficient (Wildman–Crippen LogP) is 3.80. The van der Waals surface area contributed by atoms with Crippen molar-refractivity contribution in [1.82, 2.24) is 0 Å². The fraction of sp³-hybridized carbons (Fsp3) is 1.00. The van der Waals surface area contributed by atoms with E-state index in [1.54, 1.807) is 0 Å². The Labute approximate surface area is 85.5 Å². The molecule has 0 aliphatic heterocycles. The summed E-state index contributed by atoms with van der Waals surface area (Å²) in [5.74, 6) is 0. The maximum absolute atomic E-state index is 2.54. The standard InChI is InChI=1S/C7H14I2/c1-5-7(4,9)6(2,3)8/h5H2,1-4H3. The van der Waals surface area contributed by atoms with Crippen molar-refractivity contribution >= 4 is 45.2 Å². The first kappa shape index (κ1) is 10.5. The summed E-state index contributed by atoms with van der Waals surface area (Å²) in [7, 11) is 0. The molecule has 56 valence electrons. The normalized spacial score (nSPS) is 19.3. The van der Waals surface area contributed by atoms with Crippen LogP contribution in [0.3, 0.4) is 0 Å². The average Bonchev–Trinajstić information content (AvgIpc) is 1.64. The molecule has 1 atom stereocenters. The molecule has 1 unspecified atom stereocenters. The largest absolute Gasteiger partial charge is 0.0780 e. The summed E-state index contributed by atoms with van der Waals surface area (Å²) in [4.78, 5) is 0. The van der Waals surface area contributed by atoms with E-state index in [1.165, 1.54) is 6.42 Å². The van der Waals surface area contributed by atoms with E-state index in [0.717, 1.165) is 0 Å². The van der Waals surface area contributed by atoms with E-state index in [4.69, 9.17) is 0 Å². The highest BCUT2D eigenvalue weighted by Gasteiger charge is 2.34. The number of halogens is 2. The lowest BCUT2D eigenvalue weighted by Crippen LogP contribution is -2.35. The van der Waals surface area contributed by atoms with Gasteiger partial charge in [0.15, 0.2) is 0 Å². The molecular formula is C7H14I2. The Kier molecular flexibility index (Phi) is 3.76. The Hall–Kier alpha value is 1.46. The summed E-state index contributed by atoms with van der Waals surface area (Å²) in [6.45, 7) is 9.11. The lowest BCUT2D eigenvalue weighted by molar-refractivity contribution is 0.544. The van der Waals surface area contributed by atoms with E-state index in [9.17, 15) is 0 Å². The van der Waals surface area contributed by atoms with Gasteiger partial charge in [-0.1, -0.05) is 52.1 Å². The van der Waals surface area contributed by atoms with Crippen LogP contribution in [-0.4, -0.2) is 6.84 Å². The maximum atomic E-state index is 2.54. The van der Waals surface area contributed by atoms with Gasteiger partial charge >= 0.3 is 0 Å². The van der Waals surface area contributed by atoms with Crippen LogP contribution < -0.4 is 0 Å². The van der Waals surface area contributed by atoms with Crippen molar-refractivity contribution in [3.05, 3.63) is 0 Å². The third-order valence-electron chi connectivity index (χ3n) is 1.90. The molecule has 0 rings (SSSR count). The maximum Gasteiger partial charge on any atom is 0.0331 e. The molecule has 0 aromatic carbocycles. The van der Waals surface area contributed by atoms with Gasteiger partial charge in [-0.25, -0.2) is 0 Å². The van der Waals surface area contributed by atoms with Crippen molar-refractivity contribution in [3.8, 4) is 0 Å². The summed E-state index contributed by atoms with van der Waals surface area (Å²) in [6, 6.07) is 0. The highest BCUT2D eigenvalue weighted by molar-refractivity contribution is 14.1. The Morgan fingerprint density at radius 2 is 1.44 bits per heavy atom. The van der Waals surface area contributed by atoms with Crippen molar-refractivity contribution in [2.45, 2.75) is 41.0 Å². The minimum Gasteiger partial charge on any atom is -0.0780 e. The van der Waals surface area contributed by atoms with Crippen LogP contribution in [0.4, 0.5) is 0 Å². The number of hydrogen-bond acceptors (Lipinski definition) is 0. The van der Waals surface area contributed by atoms with Gasteiger partial charge in [-0.05, 0) is 27.2 Å². The van der Waals surface area contributed by atoms with Crippen molar-refractivity contribution < 1.29 is 0 Å². The molecule has 0 saturated heterocycles. The van der Waals surface area contributed by atoms with Crippen molar-refractivity contribution in [3.63, 3.8) is 0 Å². The van der Waals surface area contributed by atoms with Crippen LogP contribution in [0.25, 0.3) is 0 Å². The predicted molar refractivity (Wildman–Crippen MR) is 60.8 cm³/mol. The number of rotatable bonds is 2. The molecule has 2 heteroatoms. The molecule has 0 bridgehead atoms. The van der Waals surface area contributed by atoms with Crippen LogP contribution >= 0.6 is 45.2 Å². The first-order valence-corrected chi connectivity index (χ1v) is 5.35. The Bertz CT molecular complexity index is 89.6. The quantitative estimate of drug-likeness (QED) is 0.524. The minimum atomic E-state index is 0.403. The molecule has 0 nitrogen and oxygen atoms in total. The fourth-order valence-electron chi connectivity index (χ4n) is 0.420. The van der Waals surface area contributed by atoms with E-state index in [1.807, 2.05) is 0 Å². The number of alkyl halides is 2. The van der Waals surface area contributed by atoms with Gasteiger partial charge in [-0.3, -0.25) is 0 Å². The molecule has 0 aliphatic carbocycles. The van der Waals surface area contributed by atoms with Gasteiger partial charge in [0, 0.05) is 6.84 Å². The highest BCUT2D eigenvalue weighted by Crippen LogP contribution is 2.40. The second kappa shape index (κ2) is 3.24. The second-order valence-electron chi connectivity index (χ2n) is 3.02. The smallest absolute Gasteiger partial charge is 0.0331 e. The first-order chi connectivity index (χ1) is 3.81. The van der Waals surface area contributed by atoms with Crippen molar-refractivity contribution in [1.29, 1.82) is 0 Å². The van der Waals surface area contributed by atoms with E-state index in [2.05, 4.69) is 72.9 Å². The molecule has 0 heterocycles. The zero-order chi connectivity index (χ0) is 7.71. The first-order valence-electron chi connectivity index (χ1n) is 3.19. The topological polar surface area (TPSA) is 0 Å². The fourth-order valence-corrected chi connectivity index (χ4v) is 0.802. The third kappa shape index (κ3) is 2.91. The average molecular weight is 352 g/mol. The molecule has 0 aromatic heterocycles. The summed E-state index contributed by atoms with van der Waals surface area (Å²) in [5, 5.41) is 0. The summed E-state index contributed by atoms with van der Waals surface area (Å²) < 4.78 is 0.839. The Morgan fingerprint density at radius 3 is 1.44 bits per heavy atom. The summed E-state index contributed by atoms with van der Waals surface area (Å²) in [6.07, 6.45) is 1.24. The van der Waals surface area contributed by atoms with Gasteiger partial charge in [-0.15, -0.1) is 0 Å². The van der Waals surface area contributed by atoms with Gasteiger partial charge in [0.2, 0.25) is 0 Å². The van der Waals surface area contributed by atoms with Crippen molar-refractivity contribution in [2.24, 2.45) is 0 Å². The van der Waals surface area contributed by atoms with Crippen LogP contribution in [0, 0.1) is 0 Å². The zero-order valence-electron chi connectivity index (χ0n) is 6.46. The molecule has 0 N–H and O–H groups in total. The lowest BCUT2D eigenvalue weighted by Gasteiger charge is -2.34.